The molecule has 0 unspecified atom stereocenters. The molecule has 0 bridgehead atoms. The summed E-state index contributed by atoms with van der Waals surface area (Å²) in [5.41, 5.74) is 0. The Kier molecular flexibility index (Phi) is 3.57. The molecular formula is C11H11F4NO2S. The van der Waals surface area contributed by atoms with Gasteiger partial charge in [-0.15, -0.1) is 0 Å². The average molecular weight is 297 g/mol. The summed E-state index contributed by atoms with van der Waals surface area (Å²) < 4.78 is 74.7. The van der Waals surface area contributed by atoms with Crippen molar-refractivity contribution in [3.05, 3.63) is 30.1 Å². The van der Waals surface area contributed by atoms with Crippen LogP contribution in [0.15, 0.2) is 29.2 Å². The van der Waals surface area contributed by atoms with Crippen molar-refractivity contribution in [2.45, 2.75) is 30.0 Å². The Balaban J connectivity index is 2.32. The first-order valence-corrected chi connectivity index (χ1v) is 6.98. The van der Waals surface area contributed by atoms with Crippen molar-refractivity contribution in [2.75, 3.05) is 6.54 Å². The molecule has 0 aromatic heterocycles. The third kappa shape index (κ3) is 3.44. The van der Waals surface area contributed by atoms with Gasteiger partial charge in [0.2, 0.25) is 10.0 Å². The van der Waals surface area contributed by atoms with Crippen LogP contribution in [-0.2, 0) is 10.0 Å². The Morgan fingerprint density at radius 1 is 1.16 bits per heavy atom. The van der Waals surface area contributed by atoms with E-state index >= 15 is 0 Å². The minimum absolute atomic E-state index is 0.329. The molecule has 1 aromatic carbocycles. The minimum atomic E-state index is -4.60. The summed E-state index contributed by atoms with van der Waals surface area (Å²) in [7, 11) is -4.24. The van der Waals surface area contributed by atoms with Gasteiger partial charge in [0, 0.05) is 6.04 Å². The van der Waals surface area contributed by atoms with Crippen molar-refractivity contribution in [3.63, 3.8) is 0 Å². The van der Waals surface area contributed by atoms with Crippen LogP contribution in [0.5, 0.6) is 0 Å². The van der Waals surface area contributed by atoms with Crippen molar-refractivity contribution in [1.82, 2.24) is 4.31 Å². The van der Waals surface area contributed by atoms with Crippen molar-refractivity contribution in [3.8, 4) is 0 Å². The second-order valence-corrected chi connectivity index (χ2v) is 6.24. The Bertz CT molecular complexity index is 549. The smallest absolute Gasteiger partial charge is 0.207 e. The van der Waals surface area contributed by atoms with Crippen molar-refractivity contribution in [1.29, 1.82) is 0 Å². The maximum atomic E-state index is 12.7. The molecule has 2 rings (SSSR count). The minimum Gasteiger partial charge on any atom is -0.207 e. The van der Waals surface area contributed by atoms with Crippen LogP contribution in [0.2, 0.25) is 0 Å². The Labute approximate surface area is 107 Å². The number of hydrogen-bond donors (Lipinski definition) is 0. The van der Waals surface area contributed by atoms with E-state index in [0.29, 0.717) is 17.1 Å². The molecule has 0 spiro atoms. The molecule has 1 aliphatic carbocycles. The molecule has 8 heteroatoms. The molecule has 0 radical (unpaired) electrons. The molecule has 0 heterocycles. The first-order valence-electron chi connectivity index (χ1n) is 5.54. The van der Waals surface area contributed by atoms with Crippen LogP contribution in [0.1, 0.15) is 12.8 Å². The molecule has 1 aliphatic rings. The average Bonchev–Trinajstić information content (AvgIpc) is 3.09. The van der Waals surface area contributed by atoms with Crippen LogP contribution < -0.4 is 0 Å². The largest absolute Gasteiger partial charge is 0.402 e. The van der Waals surface area contributed by atoms with Gasteiger partial charge < -0.3 is 0 Å². The van der Waals surface area contributed by atoms with Crippen LogP contribution in [0, 0.1) is 5.82 Å². The lowest BCUT2D eigenvalue weighted by Crippen LogP contribution is -2.40. The van der Waals surface area contributed by atoms with Gasteiger partial charge in [-0.1, -0.05) is 0 Å². The zero-order valence-corrected chi connectivity index (χ0v) is 10.5. The molecule has 0 saturated heterocycles. The highest BCUT2D eigenvalue weighted by Gasteiger charge is 2.44. The predicted octanol–water partition coefficient (Wildman–Crippen LogP) is 2.54. The second kappa shape index (κ2) is 4.75. The molecular weight excluding hydrogens is 286 g/mol. The third-order valence-electron chi connectivity index (χ3n) is 2.71. The number of hydrogen-bond acceptors (Lipinski definition) is 2. The van der Waals surface area contributed by atoms with Gasteiger partial charge in [-0.05, 0) is 37.1 Å². The van der Waals surface area contributed by atoms with E-state index in [1.54, 1.807) is 0 Å². The normalized spacial score (nSPS) is 16.9. The quantitative estimate of drug-likeness (QED) is 0.801. The molecule has 0 N–H and O–H groups in total. The molecule has 1 fully saturated rings. The predicted molar refractivity (Wildman–Crippen MR) is 59.4 cm³/mol. The van der Waals surface area contributed by atoms with E-state index in [9.17, 15) is 26.0 Å². The van der Waals surface area contributed by atoms with Gasteiger partial charge in [0.25, 0.3) is 0 Å². The van der Waals surface area contributed by atoms with Crippen LogP contribution in [0.4, 0.5) is 17.6 Å². The van der Waals surface area contributed by atoms with Gasteiger partial charge in [0.15, 0.2) is 0 Å². The first kappa shape index (κ1) is 14.3. The zero-order chi connectivity index (χ0) is 14.3. The van der Waals surface area contributed by atoms with E-state index in [1.807, 2.05) is 0 Å². The number of sulfonamides is 1. The molecule has 0 amide bonds. The topological polar surface area (TPSA) is 37.4 Å². The van der Waals surface area contributed by atoms with E-state index in [1.165, 1.54) is 0 Å². The van der Waals surface area contributed by atoms with Gasteiger partial charge in [0.1, 0.15) is 12.4 Å². The van der Waals surface area contributed by atoms with Crippen LogP contribution in [0.25, 0.3) is 0 Å². The highest BCUT2D eigenvalue weighted by atomic mass is 32.2. The lowest BCUT2D eigenvalue weighted by Gasteiger charge is -2.23. The van der Waals surface area contributed by atoms with E-state index in [2.05, 4.69) is 0 Å². The van der Waals surface area contributed by atoms with Gasteiger partial charge in [0.05, 0.1) is 4.90 Å². The fourth-order valence-electron chi connectivity index (χ4n) is 1.69. The summed E-state index contributed by atoms with van der Waals surface area (Å²) in [5, 5.41) is 0. The van der Waals surface area contributed by atoms with Crippen molar-refractivity contribution >= 4 is 10.0 Å². The lowest BCUT2D eigenvalue weighted by molar-refractivity contribution is -0.137. The molecule has 19 heavy (non-hydrogen) atoms. The monoisotopic (exact) mass is 297 g/mol. The van der Waals surface area contributed by atoms with Crippen LogP contribution in [-0.4, -0.2) is 31.5 Å². The van der Waals surface area contributed by atoms with Gasteiger partial charge >= 0.3 is 6.18 Å². The first-order chi connectivity index (χ1) is 8.70. The summed E-state index contributed by atoms with van der Waals surface area (Å²) in [6, 6.07) is 3.14. The van der Waals surface area contributed by atoms with Gasteiger partial charge in [-0.2, -0.15) is 17.5 Å². The number of nitrogens with zero attached hydrogens (tertiary/aromatic N) is 1. The molecule has 106 valence electrons. The maximum absolute atomic E-state index is 12.7. The molecule has 0 atom stereocenters. The summed E-state index contributed by atoms with van der Waals surface area (Å²) in [4.78, 5) is -0.329. The van der Waals surface area contributed by atoms with E-state index in [4.69, 9.17) is 0 Å². The summed E-state index contributed by atoms with van der Waals surface area (Å²) >= 11 is 0. The fourth-order valence-corrected chi connectivity index (χ4v) is 3.36. The van der Waals surface area contributed by atoms with Gasteiger partial charge in [-0.25, -0.2) is 12.8 Å². The lowest BCUT2D eigenvalue weighted by atomic mass is 10.4. The molecule has 3 nitrogen and oxygen atoms in total. The highest BCUT2D eigenvalue weighted by Crippen LogP contribution is 2.34. The second-order valence-electron chi connectivity index (χ2n) is 4.35. The SMILES string of the molecule is O=S(=O)(c1ccc(F)cc1)N(CC(F)(F)F)C1CC1. The number of alkyl halides is 3. The Morgan fingerprint density at radius 2 is 1.68 bits per heavy atom. The van der Waals surface area contributed by atoms with Crippen molar-refractivity contribution in [2.24, 2.45) is 0 Å². The summed E-state index contributed by atoms with van der Waals surface area (Å²) in [6.07, 6.45) is -3.78. The van der Waals surface area contributed by atoms with Gasteiger partial charge in [-0.3, -0.25) is 0 Å². The number of halogens is 4. The third-order valence-corrected chi connectivity index (χ3v) is 4.62. The standard InChI is InChI=1S/C11H11F4NO2S/c12-8-1-5-10(6-2-8)19(17,18)16(9-3-4-9)7-11(13,14)15/h1-2,5-6,9H,3-4,7H2. The molecule has 0 aliphatic heterocycles. The number of benzene rings is 1. The van der Waals surface area contributed by atoms with Crippen molar-refractivity contribution < 1.29 is 26.0 Å². The molecule has 1 aromatic rings. The zero-order valence-electron chi connectivity index (χ0n) is 9.69. The Hall–Kier alpha value is -1.15. The maximum Gasteiger partial charge on any atom is 0.402 e. The molecule has 1 saturated carbocycles. The van der Waals surface area contributed by atoms with Crippen LogP contribution in [0.3, 0.4) is 0 Å². The van der Waals surface area contributed by atoms with E-state index < -0.39 is 34.6 Å². The summed E-state index contributed by atoms with van der Waals surface area (Å²) in [6.45, 7) is -1.52. The van der Waals surface area contributed by atoms with E-state index in [0.717, 1.165) is 24.3 Å². The Morgan fingerprint density at radius 3 is 2.11 bits per heavy atom. The summed E-state index contributed by atoms with van der Waals surface area (Å²) in [5.74, 6) is -0.646. The highest BCUT2D eigenvalue weighted by molar-refractivity contribution is 7.89. The van der Waals surface area contributed by atoms with E-state index in [-0.39, 0.29) is 4.90 Å². The number of rotatable bonds is 4. The van der Waals surface area contributed by atoms with Crippen LogP contribution >= 0.6 is 0 Å². The fraction of sp³-hybridized carbons (Fsp3) is 0.455.